The van der Waals surface area contributed by atoms with Gasteiger partial charge in [-0.3, -0.25) is 14.7 Å². The molecule has 3 heterocycles. The molecule has 142 valence electrons. The number of nitrogens with one attached hydrogen (secondary N) is 1. The van der Waals surface area contributed by atoms with Crippen molar-refractivity contribution in [1.29, 1.82) is 0 Å². The van der Waals surface area contributed by atoms with Crippen molar-refractivity contribution in [3.63, 3.8) is 0 Å². The largest absolute Gasteiger partial charge is 0.329 e. The molecule has 1 aliphatic heterocycles. The maximum Gasteiger partial charge on any atom is 0.211 e. The number of carbonyl (C=O) groups excluding carboxylic acids is 1. The fourth-order valence-electron chi connectivity index (χ4n) is 3.05. The van der Waals surface area contributed by atoms with E-state index in [-0.39, 0.29) is 1.43 Å². The van der Waals surface area contributed by atoms with Crippen LogP contribution in [0.3, 0.4) is 0 Å². The van der Waals surface area contributed by atoms with Gasteiger partial charge in [-0.25, -0.2) is 4.98 Å². The van der Waals surface area contributed by atoms with Gasteiger partial charge in [0, 0.05) is 37.9 Å². The van der Waals surface area contributed by atoms with E-state index in [2.05, 4.69) is 32.3 Å². The second-order valence-corrected chi connectivity index (χ2v) is 6.44. The summed E-state index contributed by atoms with van der Waals surface area (Å²) in [5, 5.41) is 2.57. The van der Waals surface area contributed by atoms with Crippen LogP contribution >= 0.6 is 0 Å². The summed E-state index contributed by atoms with van der Waals surface area (Å²) in [7, 11) is 0. The molecular formula is C21H27N5O. The summed E-state index contributed by atoms with van der Waals surface area (Å²) in [6.45, 7) is 3.52. The molecule has 0 aliphatic carbocycles. The molecule has 1 fully saturated rings. The van der Waals surface area contributed by atoms with Crippen molar-refractivity contribution in [3.8, 4) is 5.69 Å². The Morgan fingerprint density at radius 3 is 2.48 bits per heavy atom. The van der Waals surface area contributed by atoms with Gasteiger partial charge in [0.05, 0.1) is 12.0 Å². The average Bonchev–Trinajstić information content (AvgIpc) is 3.26. The van der Waals surface area contributed by atoms with E-state index in [1.807, 2.05) is 47.3 Å². The fraction of sp³-hybridized carbons (Fsp3) is 0.286. The Balaban J connectivity index is 0.000000194. The number of pyridine rings is 1. The summed E-state index contributed by atoms with van der Waals surface area (Å²) >= 11 is 0. The molecule has 3 aromatic rings. The number of likely N-dealkylation sites (tertiary alicyclic amines) is 1. The molecule has 6 nitrogen and oxygen atoms in total. The number of piperidine rings is 1. The highest BCUT2D eigenvalue weighted by Gasteiger charge is 2.10. The van der Waals surface area contributed by atoms with Crippen LogP contribution in [0.1, 0.15) is 26.4 Å². The molecule has 1 amide bonds. The number of rotatable bonds is 5. The van der Waals surface area contributed by atoms with Gasteiger partial charge in [0.2, 0.25) is 6.41 Å². The van der Waals surface area contributed by atoms with E-state index >= 15 is 0 Å². The van der Waals surface area contributed by atoms with Gasteiger partial charge in [0.1, 0.15) is 0 Å². The minimum Gasteiger partial charge on any atom is -0.329 e. The normalized spacial score (nSPS) is 14.1. The first-order valence-corrected chi connectivity index (χ1v) is 9.26. The molecule has 0 bridgehead atoms. The zero-order chi connectivity index (χ0) is 18.7. The number of amides is 1. The molecule has 0 atom stereocenters. The van der Waals surface area contributed by atoms with Crippen LogP contribution in [0.25, 0.3) is 5.69 Å². The van der Waals surface area contributed by atoms with Crippen molar-refractivity contribution in [3.05, 3.63) is 73.1 Å². The Bertz CT molecular complexity index is 787. The second kappa shape index (κ2) is 10.2. The van der Waals surface area contributed by atoms with E-state index in [0.29, 0.717) is 6.41 Å². The Labute approximate surface area is 161 Å². The summed E-state index contributed by atoms with van der Waals surface area (Å²) in [5.41, 5.74) is 2.99. The standard InChI is InChI=1S/C11H16N2.C10H9N3O.H2/c1-4-8-13(9-5-1)10-11-6-2-3-7-12-11;14-8-12-9-1-3-10(4-2-9)13-6-5-11-7-13;/h2-3,6-7H,1,4-5,8-10H2;1-8H,(H,12,14);1H. The summed E-state index contributed by atoms with van der Waals surface area (Å²) in [6, 6.07) is 13.6. The lowest BCUT2D eigenvalue weighted by Gasteiger charge is -2.25. The van der Waals surface area contributed by atoms with Gasteiger partial charge < -0.3 is 9.88 Å². The number of hydrogen-bond acceptors (Lipinski definition) is 4. The van der Waals surface area contributed by atoms with Gasteiger partial charge >= 0.3 is 0 Å². The van der Waals surface area contributed by atoms with Crippen molar-refractivity contribution in [2.45, 2.75) is 25.8 Å². The third-order valence-electron chi connectivity index (χ3n) is 4.46. The van der Waals surface area contributed by atoms with Crippen molar-refractivity contribution < 1.29 is 6.22 Å². The van der Waals surface area contributed by atoms with E-state index in [0.717, 1.165) is 17.9 Å². The molecule has 4 rings (SSSR count). The van der Waals surface area contributed by atoms with Gasteiger partial charge in [0.25, 0.3) is 0 Å². The van der Waals surface area contributed by atoms with Crippen LogP contribution in [0.15, 0.2) is 67.4 Å². The van der Waals surface area contributed by atoms with Gasteiger partial charge in [-0.2, -0.15) is 0 Å². The molecule has 6 heteroatoms. The van der Waals surface area contributed by atoms with Crippen LogP contribution in [0.2, 0.25) is 0 Å². The molecule has 1 N–H and O–H groups in total. The maximum absolute atomic E-state index is 10.2. The molecule has 27 heavy (non-hydrogen) atoms. The summed E-state index contributed by atoms with van der Waals surface area (Å²) < 4.78 is 1.89. The second-order valence-electron chi connectivity index (χ2n) is 6.44. The van der Waals surface area contributed by atoms with E-state index in [9.17, 15) is 4.79 Å². The average molecular weight is 365 g/mol. The highest BCUT2D eigenvalue weighted by atomic mass is 16.1. The quantitative estimate of drug-likeness (QED) is 0.700. The van der Waals surface area contributed by atoms with Crippen LogP contribution in [0, 0.1) is 0 Å². The number of carbonyl (C=O) groups is 1. The highest BCUT2D eigenvalue weighted by molar-refractivity contribution is 5.71. The summed E-state index contributed by atoms with van der Waals surface area (Å²) in [6.07, 6.45) is 12.0. The molecule has 1 aliphatic rings. The minimum absolute atomic E-state index is 0. The van der Waals surface area contributed by atoms with Gasteiger partial charge in [0.15, 0.2) is 0 Å². The lowest BCUT2D eigenvalue weighted by Crippen LogP contribution is -2.29. The van der Waals surface area contributed by atoms with Crippen molar-refractivity contribution >= 4 is 12.1 Å². The molecule has 0 spiro atoms. The molecule has 0 unspecified atom stereocenters. The van der Waals surface area contributed by atoms with E-state index in [1.54, 1.807) is 12.5 Å². The SMILES string of the molecule is O=CNc1ccc(-n2ccnc2)cc1.[HH].c1ccc(CN2CCCCC2)nc1. The highest BCUT2D eigenvalue weighted by Crippen LogP contribution is 2.12. The topological polar surface area (TPSA) is 63.1 Å². The summed E-state index contributed by atoms with van der Waals surface area (Å²) in [4.78, 5) is 20.9. The predicted molar refractivity (Wildman–Crippen MR) is 109 cm³/mol. The van der Waals surface area contributed by atoms with E-state index in [1.165, 1.54) is 38.0 Å². The number of benzene rings is 1. The van der Waals surface area contributed by atoms with Gasteiger partial charge in [-0.1, -0.05) is 12.5 Å². The lowest BCUT2D eigenvalue weighted by atomic mass is 10.1. The first-order chi connectivity index (χ1) is 13.3. The van der Waals surface area contributed by atoms with Gasteiger partial charge in [-0.15, -0.1) is 0 Å². The molecule has 0 saturated carbocycles. The van der Waals surface area contributed by atoms with Crippen LogP contribution in [-0.4, -0.2) is 38.9 Å². The van der Waals surface area contributed by atoms with Crippen LogP contribution in [0.5, 0.6) is 0 Å². The Kier molecular flexibility index (Phi) is 7.12. The molecule has 1 aromatic carbocycles. The first kappa shape index (κ1) is 18.8. The number of imidazole rings is 1. The smallest absolute Gasteiger partial charge is 0.211 e. The van der Waals surface area contributed by atoms with Crippen molar-refractivity contribution in [2.24, 2.45) is 0 Å². The predicted octanol–water partition coefficient (Wildman–Crippen LogP) is 3.75. The minimum atomic E-state index is 0. The Morgan fingerprint density at radius 2 is 1.85 bits per heavy atom. The maximum atomic E-state index is 10.2. The van der Waals surface area contributed by atoms with Crippen LogP contribution < -0.4 is 5.32 Å². The Hall–Kier alpha value is -2.99. The van der Waals surface area contributed by atoms with Crippen LogP contribution in [-0.2, 0) is 11.3 Å². The molecular weight excluding hydrogens is 338 g/mol. The lowest BCUT2D eigenvalue weighted by molar-refractivity contribution is -0.105. The monoisotopic (exact) mass is 365 g/mol. The first-order valence-electron chi connectivity index (χ1n) is 9.26. The zero-order valence-electron chi connectivity index (χ0n) is 15.4. The van der Waals surface area contributed by atoms with Crippen molar-refractivity contribution in [2.75, 3.05) is 18.4 Å². The number of aromatic nitrogens is 3. The number of anilines is 1. The molecule has 2 aromatic heterocycles. The Morgan fingerprint density at radius 1 is 1.04 bits per heavy atom. The van der Waals surface area contributed by atoms with Gasteiger partial charge in [-0.05, 0) is 62.3 Å². The van der Waals surface area contributed by atoms with E-state index < -0.39 is 0 Å². The third kappa shape index (κ3) is 6.04. The molecule has 0 radical (unpaired) electrons. The van der Waals surface area contributed by atoms with Crippen LogP contribution in [0.4, 0.5) is 5.69 Å². The summed E-state index contributed by atoms with van der Waals surface area (Å²) in [5.74, 6) is 0. The molecule has 1 saturated heterocycles. The third-order valence-corrected chi connectivity index (χ3v) is 4.46. The number of nitrogens with zero attached hydrogens (tertiary/aromatic N) is 4. The van der Waals surface area contributed by atoms with E-state index in [4.69, 9.17) is 0 Å². The fourth-order valence-corrected chi connectivity index (χ4v) is 3.05. The zero-order valence-corrected chi connectivity index (χ0v) is 15.4. The van der Waals surface area contributed by atoms with Crippen molar-refractivity contribution in [1.82, 2.24) is 19.4 Å². The number of hydrogen-bond donors (Lipinski definition) is 1.